The summed E-state index contributed by atoms with van der Waals surface area (Å²) < 4.78 is 0. The standard InChI is InChI=1S/C26H33N3O/c30-26(27-25-13-5-11-22-9-3-4-12-24(22)25)29-15-6-7-20(18-29)17-28-16-14-21-8-1-2-10-23(21)19-28/h1-2,5,8,10-11,13,20H,3-4,6-7,9,12,14-19H2,(H,27,30)/t20-/m0/s1. The van der Waals surface area contributed by atoms with Crippen LogP contribution >= 0.6 is 0 Å². The number of piperidine rings is 1. The number of hydrogen-bond acceptors (Lipinski definition) is 2. The van der Waals surface area contributed by atoms with Crippen molar-refractivity contribution in [3.8, 4) is 0 Å². The molecule has 1 saturated heterocycles. The number of nitrogens with one attached hydrogen (secondary N) is 1. The van der Waals surface area contributed by atoms with E-state index in [0.717, 1.165) is 64.1 Å². The third-order valence-corrected chi connectivity index (χ3v) is 7.17. The zero-order chi connectivity index (χ0) is 20.3. The highest BCUT2D eigenvalue weighted by Gasteiger charge is 2.27. The van der Waals surface area contributed by atoms with Crippen molar-refractivity contribution in [1.82, 2.24) is 9.80 Å². The Labute approximate surface area is 180 Å². The molecule has 2 aromatic carbocycles. The van der Waals surface area contributed by atoms with Gasteiger partial charge in [0.2, 0.25) is 0 Å². The summed E-state index contributed by atoms with van der Waals surface area (Å²) in [5.41, 5.74) is 6.79. The van der Waals surface area contributed by atoms with Crippen molar-refractivity contribution < 1.29 is 4.79 Å². The summed E-state index contributed by atoms with van der Waals surface area (Å²) in [6, 6.07) is 15.3. The topological polar surface area (TPSA) is 35.6 Å². The summed E-state index contributed by atoms with van der Waals surface area (Å²) in [7, 11) is 0. The first kappa shape index (κ1) is 19.6. The van der Waals surface area contributed by atoms with E-state index in [0.29, 0.717) is 5.92 Å². The Morgan fingerprint density at radius 1 is 0.900 bits per heavy atom. The molecule has 2 heterocycles. The second kappa shape index (κ2) is 8.81. The molecule has 1 atom stereocenters. The second-order valence-electron chi connectivity index (χ2n) is 9.29. The second-order valence-corrected chi connectivity index (χ2v) is 9.29. The van der Waals surface area contributed by atoms with E-state index in [9.17, 15) is 4.79 Å². The van der Waals surface area contributed by atoms with E-state index >= 15 is 0 Å². The first-order valence-electron chi connectivity index (χ1n) is 11.7. The van der Waals surface area contributed by atoms with Crippen molar-refractivity contribution in [3.63, 3.8) is 0 Å². The molecule has 1 aliphatic carbocycles. The molecule has 1 fully saturated rings. The number of carbonyl (C=O) groups excluding carboxylic acids is 1. The SMILES string of the molecule is O=C(Nc1cccc2c1CCCC2)N1CCC[C@@H](CN2CCc3ccccc3C2)C1. The number of benzene rings is 2. The van der Waals surface area contributed by atoms with Crippen molar-refractivity contribution in [3.05, 3.63) is 64.7 Å². The average molecular weight is 404 g/mol. The van der Waals surface area contributed by atoms with Gasteiger partial charge in [-0.05, 0) is 79.2 Å². The predicted molar refractivity (Wildman–Crippen MR) is 122 cm³/mol. The largest absolute Gasteiger partial charge is 0.324 e. The molecular formula is C26H33N3O. The summed E-state index contributed by atoms with van der Waals surface area (Å²) in [4.78, 5) is 17.7. The summed E-state index contributed by atoms with van der Waals surface area (Å²) in [6.45, 7) is 5.03. The molecule has 0 radical (unpaired) electrons. The van der Waals surface area contributed by atoms with Gasteiger partial charge in [-0.2, -0.15) is 0 Å². The Kier molecular flexibility index (Phi) is 5.76. The first-order chi connectivity index (χ1) is 14.8. The Balaban J connectivity index is 1.19. The number of hydrogen-bond donors (Lipinski definition) is 1. The van der Waals surface area contributed by atoms with Crippen LogP contribution in [0.15, 0.2) is 42.5 Å². The summed E-state index contributed by atoms with van der Waals surface area (Å²) >= 11 is 0. The van der Waals surface area contributed by atoms with Gasteiger partial charge in [-0.3, -0.25) is 4.90 Å². The maximum Gasteiger partial charge on any atom is 0.321 e. The lowest BCUT2D eigenvalue weighted by atomic mass is 9.90. The van der Waals surface area contributed by atoms with E-state index in [4.69, 9.17) is 0 Å². The van der Waals surface area contributed by atoms with Crippen molar-refractivity contribution in [2.75, 3.05) is 31.5 Å². The highest BCUT2D eigenvalue weighted by molar-refractivity contribution is 5.90. The monoisotopic (exact) mass is 403 g/mol. The molecule has 1 N–H and O–H groups in total. The van der Waals surface area contributed by atoms with E-state index in [2.05, 4.69) is 52.7 Å². The number of fused-ring (bicyclic) bond motifs is 2. The maximum absolute atomic E-state index is 13.1. The molecule has 3 aliphatic rings. The molecule has 0 unspecified atom stereocenters. The Morgan fingerprint density at radius 2 is 1.73 bits per heavy atom. The minimum atomic E-state index is 0.0858. The molecule has 0 spiro atoms. The number of urea groups is 1. The van der Waals surface area contributed by atoms with E-state index in [1.165, 1.54) is 41.5 Å². The molecule has 2 aliphatic heterocycles. The minimum absolute atomic E-state index is 0.0858. The fourth-order valence-electron chi connectivity index (χ4n) is 5.57. The molecule has 30 heavy (non-hydrogen) atoms. The van der Waals surface area contributed by atoms with Crippen molar-refractivity contribution in [2.45, 2.75) is 51.5 Å². The number of likely N-dealkylation sites (tertiary alicyclic amines) is 1. The fourth-order valence-corrected chi connectivity index (χ4v) is 5.57. The van der Waals surface area contributed by atoms with Gasteiger partial charge in [0.25, 0.3) is 0 Å². The van der Waals surface area contributed by atoms with Crippen LogP contribution in [-0.4, -0.2) is 42.0 Å². The number of anilines is 1. The molecule has 158 valence electrons. The van der Waals surface area contributed by atoms with Crippen LogP contribution in [0.2, 0.25) is 0 Å². The van der Waals surface area contributed by atoms with Gasteiger partial charge in [0, 0.05) is 38.4 Å². The summed E-state index contributed by atoms with van der Waals surface area (Å²) in [5.74, 6) is 0.569. The molecule has 5 rings (SSSR count). The number of carbonyl (C=O) groups is 1. The van der Waals surface area contributed by atoms with Gasteiger partial charge in [-0.15, -0.1) is 0 Å². The summed E-state index contributed by atoms with van der Waals surface area (Å²) in [5, 5.41) is 3.25. The number of nitrogens with zero attached hydrogens (tertiary/aromatic N) is 2. The lowest BCUT2D eigenvalue weighted by Crippen LogP contribution is -2.46. The Hall–Kier alpha value is -2.33. The fraction of sp³-hybridized carbons (Fsp3) is 0.500. The third kappa shape index (κ3) is 4.24. The van der Waals surface area contributed by atoms with Gasteiger partial charge >= 0.3 is 6.03 Å². The lowest BCUT2D eigenvalue weighted by Gasteiger charge is -2.37. The van der Waals surface area contributed by atoms with E-state index < -0.39 is 0 Å². The van der Waals surface area contributed by atoms with Crippen molar-refractivity contribution in [1.29, 1.82) is 0 Å². The van der Waals surface area contributed by atoms with Crippen LogP contribution in [0.4, 0.5) is 10.5 Å². The number of rotatable bonds is 3. The van der Waals surface area contributed by atoms with Crippen molar-refractivity contribution in [2.24, 2.45) is 5.92 Å². The molecule has 0 aromatic heterocycles. The van der Waals surface area contributed by atoms with Gasteiger partial charge in [0.15, 0.2) is 0 Å². The molecule has 0 saturated carbocycles. The number of aryl methyl sites for hydroxylation is 1. The highest BCUT2D eigenvalue weighted by atomic mass is 16.2. The van der Waals surface area contributed by atoms with Crippen LogP contribution in [0.25, 0.3) is 0 Å². The molecule has 0 bridgehead atoms. The van der Waals surface area contributed by atoms with Crippen LogP contribution in [-0.2, 0) is 25.8 Å². The van der Waals surface area contributed by atoms with Crippen LogP contribution in [0, 0.1) is 5.92 Å². The van der Waals surface area contributed by atoms with Crippen LogP contribution in [0.3, 0.4) is 0 Å². The molecule has 4 heteroatoms. The molecular weight excluding hydrogens is 370 g/mol. The molecule has 2 aromatic rings. The van der Waals surface area contributed by atoms with Gasteiger partial charge in [-0.1, -0.05) is 36.4 Å². The third-order valence-electron chi connectivity index (χ3n) is 7.17. The van der Waals surface area contributed by atoms with Crippen LogP contribution < -0.4 is 5.32 Å². The van der Waals surface area contributed by atoms with Crippen LogP contribution in [0.5, 0.6) is 0 Å². The normalized spacial score (nSPS) is 21.6. The highest BCUT2D eigenvalue weighted by Crippen LogP contribution is 2.29. The zero-order valence-electron chi connectivity index (χ0n) is 17.9. The quantitative estimate of drug-likeness (QED) is 0.794. The Morgan fingerprint density at radius 3 is 2.67 bits per heavy atom. The van der Waals surface area contributed by atoms with Gasteiger partial charge in [0.1, 0.15) is 0 Å². The lowest BCUT2D eigenvalue weighted by molar-refractivity contribution is 0.140. The van der Waals surface area contributed by atoms with Gasteiger partial charge in [-0.25, -0.2) is 4.79 Å². The first-order valence-corrected chi connectivity index (χ1v) is 11.7. The van der Waals surface area contributed by atoms with E-state index in [1.54, 1.807) is 0 Å². The average Bonchev–Trinajstić information content (AvgIpc) is 2.79. The smallest absolute Gasteiger partial charge is 0.321 e. The minimum Gasteiger partial charge on any atom is -0.324 e. The van der Waals surface area contributed by atoms with Crippen molar-refractivity contribution >= 4 is 11.7 Å². The predicted octanol–water partition coefficient (Wildman–Crippen LogP) is 4.87. The zero-order valence-corrected chi connectivity index (χ0v) is 17.9. The van der Waals surface area contributed by atoms with Gasteiger partial charge in [0.05, 0.1) is 0 Å². The summed E-state index contributed by atoms with van der Waals surface area (Å²) in [6.07, 6.45) is 8.20. The molecule has 2 amide bonds. The molecule has 4 nitrogen and oxygen atoms in total. The van der Waals surface area contributed by atoms with Gasteiger partial charge < -0.3 is 10.2 Å². The van der Waals surface area contributed by atoms with Crippen LogP contribution in [0.1, 0.15) is 47.9 Å². The number of amides is 2. The maximum atomic E-state index is 13.1. The van der Waals surface area contributed by atoms with E-state index in [-0.39, 0.29) is 6.03 Å². The van der Waals surface area contributed by atoms with E-state index in [1.807, 2.05) is 4.90 Å². The Bertz CT molecular complexity index is 909.